The van der Waals surface area contributed by atoms with Crippen molar-refractivity contribution in [1.82, 2.24) is 10.2 Å². The molecule has 0 aromatic rings. The molecule has 21 fully saturated rings. The fourth-order valence-electron chi connectivity index (χ4n) is 11.0. The molecule has 0 aliphatic carbocycles. The molecule has 36 nitrogen and oxygen atoms in total. The molecule has 21 saturated heterocycles. The average molecular weight is 1210 g/mol. The minimum Gasteiger partial charge on any atom is -0.394 e. The van der Waals surface area contributed by atoms with Crippen LogP contribution >= 0.6 is 0 Å². The van der Waals surface area contributed by atoms with Crippen LogP contribution in [0.3, 0.4) is 0 Å². The van der Waals surface area contributed by atoms with Crippen LogP contribution in [-0.4, -0.2) is 395 Å². The lowest BCUT2D eigenvalue weighted by molar-refractivity contribution is -0.396. The second kappa shape index (κ2) is 28.8. The molecular formula is C46H80N2O34. The molecule has 21 heterocycles. The van der Waals surface area contributed by atoms with Crippen LogP contribution in [0, 0.1) is 0 Å². The summed E-state index contributed by atoms with van der Waals surface area (Å²) in [5.41, 5.74) is 0. The van der Waals surface area contributed by atoms with Crippen LogP contribution in [0.1, 0.15) is 0 Å². The van der Waals surface area contributed by atoms with Crippen molar-refractivity contribution in [3.8, 4) is 0 Å². The summed E-state index contributed by atoms with van der Waals surface area (Å²) in [6.45, 7) is -5.64. The Morgan fingerprint density at radius 1 is 0.256 bits per heavy atom. The molecule has 0 spiro atoms. The second-order valence-electron chi connectivity index (χ2n) is 21.5. The highest BCUT2D eigenvalue weighted by atomic mass is 16.8. The largest absolute Gasteiger partial charge is 0.394 e. The molecule has 21 aliphatic heterocycles. The number of likely N-dealkylation sites (N-methyl/N-ethyl adjacent to an activating group) is 1. The Morgan fingerprint density at radius 3 is 0.598 bits per heavy atom. The highest BCUT2D eigenvalue weighted by Crippen LogP contribution is 2.39. The minimum absolute atomic E-state index is 0.220. The Morgan fingerprint density at radius 2 is 0.427 bits per heavy atom. The highest BCUT2D eigenvalue weighted by molar-refractivity contribution is 5.02. The molecule has 35 atom stereocenters. The van der Waals surface area contributed by atoms with Gasteiger partial charge in [0.05, 0.1) is 39.6 Å². The fraction of sp³-hybridized carbons (Fsp3) is 1.00. The number of aliphatic hydroxyl groups is 20. The topological polar surface area (TPSA) is 549 Å². The first-order chi connectivity index (χ1) is 39.0. The van der Waals surface area contributed by atoms with Gasteiger partial charge in [0.15, 0.2) is 44.0 Å². The number of aliphatic hydroxyl groups excluding tert-OH is 20. The summed E-state index contributed by atoms with van der Waals surface area (Å²) in [5, 5.41) is 226. The predicted octanol–water partition coefficient (Wildman–Crippen LogP) is -15.1. The van der Waals surface area contributed by atoms with Gasteiger partial charge in [-0.05, 0) is 14.1 Å². The summed E-state index contributed by atoms with van der Waals surface area (Å²) < 4.78 is 81.1. The van der Waals surface area contributed by atoms with Crippen molar-refractivity contribution < 1.29 is 168 Å². The zero-order chi connectivity index (χ0) is 59.8. The summed E-state index contributed by atoms with van der Waals surface area (Å²) in [4.78, 5) is 1.82. The van der Waals surface area contributed by atoms with Crippen LogP contribution < -0.4 is 5.32 Å². The zero-order valence-corrected chi connectivity index (χ0v) is 44.2. The van der Waals surface area contributed by atoms with Crippen molar-refractivity contribution in [1.29, 1.82) is 0 Å². The molecule has 0 aromatic carbocycles. The lowest BCUT2D eigenvalue weighted by atomic mass is 9.95. The maximum absolute atomic E-state index is 11.7. The second-order valence-corrected chi connectivity index (χ2v) is 21.5. The van der Waals surface area contributed by atoms with Gasteiger partial charge in [0.25, 0.3) is 0 Å². The lowest BCUT2D eigenvalue weighted by Gasteiger charge is -2.50. The normalized spacial score (nSPS) is 52.8. The van der Waals surface area contributed by atoms with E-state index in [1.807, 2.05) is 4.90 Å². The molecule has 21 N–H and O–H groups in total. The Hall–Kier alpha value is -1.44. The molecule has 36 heteroatoms. The summed E-state index contributed by atoms with van der Waals surface area (Å²) in [5.74, 6) is 0. The van der Waals surface area contributed by atoms with E-state index in [2.05, 4.69) is 5.32 Å². The van der Waals surface area contributed by atoms with Gasteiger partial charge in [0.2, 0.25) is 0 Å². The van der Waals surface area contributed by atoms with E-state index in [0.29, 0.717) is 6.54 Å². The van der Waals surface area contributed by atoms with E-state index >= 15 is 0 Å². The van der Waals surface area contributed by atoms with Gasteiger partial charge in [-0.2, -0.15) is 0 Å². The standard InChI is InChI=1S/C46H80N2O34/c1-48(2)4-3-47-5-12-33-19(55)26(62)40(69-12)77-34-13(6-49)71-42(28(64)21(34)57)79-36-15(8-51)73-44(30(66)23(36)59)81-38-17(10-53)75-46(32(68)25(38)61)82-39-18(11-54)74-45(31(67)24(39)60)80-37-16(9-52)72-43(29(65)22(37)58)78-35-14(7-50)70-41(76-33)27(63)20(35)56/h12-47,49-68H,3-11H2,1-2H3/t12-,13-,14+,15-,16+,17-,18+,19+,20+,21+,22+,23+,24+,25+,26-,27-,28+,29-,30+,31-,32-,33+,34-,35?,36-,37-,38-,39-,40?,41+,42-,43+,44-,45+,46+/m0/s1. The van der Waals surface area contributed by atoms with Gasteiger partial charge in [-0.3, -0.25) is 0 Å². The van der Waals surface area contributed by atoms with Gasteiger partial charge in [-0.25, -0.2) is 0 Å². The van der Waals surface area contributed by atoms with Gasteiger partial charge in [-0.1, -0.05) is 0 Å². The molecule has 21 rings (SSSR count). The Kier molecular flexibility index (Phi) is 23.4. The van der Waals surface area contributed by atoms with Crippen molar-refractivity contribution >= 4 is 0 Å². The average Bonchev–Trinajstić information content (AvgIpc) is 3.57. The van der Waals surface area contributed by atoms with Gasteiger partial charge in [-0.15, -0.1) is 0 Å². The molecule has 0 aromatic heterocycles. The highest BCUT2D eigenvalue weighted by Gasteiger charge is 2.59. The van der Waals surface area contributed by atoms with Crippen LogP contribution in [0.25, 0.3) is 0 Å². The van der Waals surface area contributed by atoms with Crippen molar-refractivity contribution in [2.45, 2.75) is 215 Å². The first-order valence-electron chi connectivity index (χ1n) is 26.7. The SMILES string of the molecule is CN(C)CCNC[C@@H]1OC2O[C@@H]3[C@H](O)[C@@H](O)[C@H](O[C@@H]4[C@H](O)[C@@H](O)[C@H](O[C@@H]5[C@H](O)[C@H](O)[C@@H](O[C@@H]6[C@H](O)[C@H](O)[C@@H](O[C@@H]7[C@H](O)[C@H](O)[C@@H](OC8[C@@H](CO)O[C@H](O[C@H]1[C@H](O)[C@@H]2O)[C@@H](O)[C@H]8O)O[C@@H]7CO)O[C@@H]6CO)O[C@H]5CO)O[C@H]4CO)O[C@H]3CO. The van der Waals surface area contributed by atoms with Crippen molar-refractivity contribution in [3.05, 3.63) is 0 Å². The predicted molar refractivity (Wildman–Crippen MR) is 253 cm³/mol. The molecule has 82 heavy (non-hydrogen) atoms. The van der Waals surface area contributed by atoms with Crippen molar-refractivity contribution in [2.75, 3.05) is 73.4 Å². The van der Waals surface area contributed by atoms with E-state index in [9.17, 15) is 102 Å². The third-order valence-corrected chi connectivity index (χ3v) is 15.7. The third kappa shape index (κ3) is 13.7. The minimum atomic E-state index is -2.20. The number of hydrogen-bond donors (Lipinski definition) is 21. The van der Waals surface area contributed by atoms with Gasteiger partial charge in [0, 0.05) is 19.6 Å². The summed E-state index contributed by atoms with van der Waals surface area (Å²) in [7, 11) is 3.56. The molecule has 21 aliphatic rings. The fourth-order valence-corrected chi connectivity index (χ4v) is 11.0. The number of nitrogens with zero attached hydrogens (tertiary/aromatic N) is 1. The molecule has 14 bridgehead atoms. The maximum atomic E-state index is 11.7. The first kappa shape index (κ1) is 66.5. The van der Waals surface area contributed by atoms with Crippen LogP contribution in [0.4, 0.5) is 0 Å². The number of nitrogens with one attached hydrogen (secondary N) is 1. The quantitative estimate of drug-likeness (QED) is 0.0854. The lowest BCUT2D eigenvalue weighted by Crippen LogP contribution is -2.68. The van der Waals surface area contributed by atoms with E-state index < -0.39 is 255 Å². The smallest absolute Gasteiger partial charge is 0.187 e. The van der Waals surface area contributed by atoms with Crippen molar-refractivity contribution in [3.63, 3.8) is 0 Å². The third-order valence-electron chi connectivity index (χ3n) is 15.7. The Balaban J connectivity index is 1.09. The Bertz CT molecular complexity index is 1930. The van der Waals surface area contributed by atoms with E-state index in [-0.39, 0.29) is 13.1 Å². The van der Waals surface area contributed by atoms with Crippen LogP contribution in [0.15, 0.2) is 0 Å². The van der Waals surface area contributed by atoms with E-state index in [0.717, 1.165) is 0 Å². The number of rotatable bonds is 11. The summed E-state index contributed by atoms with van der Waals surface area (Å²) >= 11 is 0. The van der Waals surface area contributed by atoms with E-state index in [4.69, 9.17) is 66.3 Å². The maximum Gasteiger partial charge on any atom is 0.187 e. The zero-order valence-electron chi connectivity index (χ0n) is 44.2. The summed E-state index contributed by atoms with van der Waals surface area (Å²) in [6.07, 6.45) is -68.9. The van der Waals surface area contributed by atoms with Crippen LogP contribution in [0.2, 0.25) is 0 Å². The number of hydrogen-bond acceptors (Lipinski definition) is 36. The molecule has 2 unspecified atom stereocenters. The van der Waals surface area contributed by atoms with Crippen LogP contribution in [-0.2, 0) is 66.3 Å². The van der Waals surface area contributed by atoms with Gasteiger partial charge >= 0.3 is 0 Å². The molecule has 0 amide bonds. The molecule has 0 saturated carbocycles. The Labute approximate surface area is 466 Å². The van der Waals surface area contributed by atoms with Gasteiger partial charge in [0.1, 0.15) is 171 Å². The monoisotopic (exact) mass is 1200 g/mol. The summed E-state index contributed by atoms with van der Waals surface area (Å²) in [6, 6.07) is 0. The first-order valence-corrected chi connectivity index (χ1v) is 26.7. The van der Waals surface area contributed by atoms with Crippen LogP contribution in [0.5, 0.6) is 0 Å². The molecular weight excluding hydrogens is 1120 g/mol. The van der Waals surface area contributed by atoms with Crippen molar-refractivity contribution in [2.24, 2.45) is 0 Å². The van der Waals surface area contributed by atoms with E-state index in [1.165, 1.54) is 0 Å². The van der Waals surface area contributed by atoms with E-state index in [1.54, 1.807) is 14.1 Å². The van der Waals surface area contributed by atoms with Gasteiger partial charge < -0.3 is 179 Å². The molecule has 478 valence electrons. The number of ether oxygens (including phenoxy) is 14. The molecule has 0 radical (unpaired) electrons.